The Morgan fingerprint density at radius 3 is 2.47 bits per heavy atom. The number of nitrogens with zero attached hydrogens (tertiary/aromatic N) is 5. The van der Waals surface area contributed by atoms with Gasteiger partial charge in [0, 0.05) is 32.2 Å². The average molecular weight is 473 g/mol. The highest BCUT2D eigenvalue weighted by Gasteiger charge is 2.41. The van der Waals surface area contributed by atoms with Crippen molar-refractivity contribution in [3.63, 3.8) is 0 Å². The van der Waals surface area contributed by atoms with Gasteiger partial charge in [-0.15, -0.1) is 0 Å². The number of piperidine rings is 1. The predicted octanol–water partition coefficient (Wildman–Crippen LogP) is 2.79. The number of nitrogens with one attached hydrogen (secondary N) is 1. The number of likely N-dealkylation sites (N-methyl/N-ethyl adjacent to an activating group) is 1. The molecular formula is C25H40N6O3. The normalized spacial score (nSPS) is 23.3. The molecule has 1 aromatic heterocycles. The van der Waals surface area contributed by atoms with E-state index in [1.165, 1.54) is 12.8 Å². The van der Waals surface area contributed by atoms with Crippen LogP contribution >= 0.6 is 0 Å². The molecule has 4 rings (SSSR count). The van der Waals surface area contributed by atoms with Gasteiger partial charge in [-0.25, -0.2) is 4.98 Å². The van der Waals surface area contributed by atoms with Gasteiger partial charge >= 0.3 is 0 Å². The molecule has 3 heterocycles. The minimum Gasteiger partial charge on any atom is -0.381 e. The number of carbonyl (C=O) groups is 2. The molecule has 9 nitrogen and oxygen atoms in total. The van der Waals surface area contributed by atoms with Crippen molar-refractivity contribution in [2.45, 2.75) is 96.4 Å². The summed E-state index contributed by atoms with van der Waals surface area (Å²) in [5.74, 6) is 1.73. The number of likely N-dealkylation sites (tertiary alicyclic amines) is 1. The van der Waals surface area contributed by atoms with Crippen LogP contribution in [-0.2, 0) is 9.59 Å². The second-order valence-corrected chi connectivity index (χ2v) is 10.7. The summed E-state index contributed by atoms with van der Waals surface area (Å²) >= 11 is 0. The number of hydrogen-bond acceptors (Lipinski definition) is 7. The highest BCUT2D eigenvalue weighted by Crippen LogP contribution is 2.40. The van der Waals surface area contributed by atoms with Gasteiger partial charge in [-0.2, -0.15) is 4.98 Å². The third-order valence-electron chi connectivity index (χ3n) is 7.83. The maximum atomic E-state index is 13.1. The molecule has 1 saturated carbocycles. The Kier molecular flexibility index (Phi) is 7.03. The zero-order valence-electron chi connectivity index (χ0n) is 21.3. The number of aromatic nitrogens is 2. The number of fused-ring (bicyclic) bond motifs is 1. The van der Waals surface area contributed by atoms with Crippen LogP contribution < -0.4 is 15.1 Å². The summed E-state index contributed by atoms with van der Waals surface area (Å²) in [5.41, 5.74) is -0.553. The van der Waals surface area contributed by atoms with Crippen molar-refractivity contribution in [1.29, 1.82) is 0 Å². The predicted molar refractivity (Wildman–Crippen MR) is 133 cm³/mol. The van der Waals surface area contributed by atoms with Gasteiger partial charge in [-0.05, 0) is 58.8 Å². The van der Waals surface area contributed by atoms with Crippen LogP contribution in [0.15, 0.2) is 6.20 Å². The molecule has 1 aromatic rings. The van der Waals surface area contributed by atoms with E-state index in [9.17, 15) is 14.7 Å². The van der Waals surface area contributed by atoms with Crippen molar-refractivity contribution in [2.75, 3.05) is 35.3 Å². The van der Waals surface area contributed by atoms with E-state index in [1.54, 1.807) is 29.8 Å². The molecule has 2 atom stereocenters. The van der Waals surface area contributed by atoms with Crippen molar-refractivity contribution in [3.05, 3.63) is 6.20 Å². The van der Waals surface area contributed by atoms with Gasteiger partial charge in [0.2, 0.25) is 11.9 Å². The Morgan fingerprint density at radius 2 is 1.88 bits per heavy atom. The lowest BCUT2D eigenvalue weighted by molar-refractivity contribution is -0.149. The lowest BCUT2D eigenvalue weighted by Gasteiger charge is -2.43. The van der Waals surface area contributed by atoms with E-state index < -0.39 is 5.60 Å². The van der Waals surface area contributed by atoms with Gasteiger partial charge in [0.1, 0.15) is 17.3 Å². The molecule has 1 aliphatic carbocycles. The first-order valence-corrected chi connectivity index (χ1v) is 12.8. The molecule has 2 N–H and O–H groups in total. The van der Waals surface area contributed by atoms with Crippen molar-refractivity contribution < 1.29 is 14.7 Å². The van der Waals surface area contributed by atoms with Crippen LogP contribution in [0.25, 0.3) is 0 Å². The zero-order valence-corrected chi connectivity index (χ0v) is 21.3. The van der Waals surface area contributed by atoms with Gasteiger partial charge in [-0.3, -0.25) is 9.59 Å². The maximum absolute atomic E-state index is 13.1. The highest BCUT2D eigenvalue weighted by molar-refractivity contribution is 6.04. The van der Waals surface area contributed by atoms with Crippen LogP contribution in [0.3, 0.4) is 0 Å². The first kappa shape index (κ1) is 24.7. The summed E-state index contributed by atoms with van der Waals surface area (Å²) in [6.45, 7) is 8.58. The third-order valence-corrected chi connectivity index (χ3v) is 7.83. The summed E-state index contributed by atoms with van der Waals surface area (Å²) in [4.78, 5) is 40.7. The van der Waals surface area contributed by atoms with Gasteiger partial charge in [-0.1, -0.05) is 19.8 Å². The molecule has 2 fully saturated rings. The van der Waals surface area contributed by atoms with E-state index in [0.29, 0.717) is 31.0 Å². The third kappa shape index (κ3) is 4.72. The quantitative estimate of drug-likeness (QED) is 0.656. The number of carbonyl (C=O) groups excluding carboxylic acids is 2. The second-order valence-electron chi connectivity index (χ2n) is 10.7. The number of anilines is 3. The minimum atomic E-state index is -1.33. The maximum Gasteiger partial charge on any atom is 0.253 e. The zero-order chi connectivity index (χ0) is 24.6. The Morgan fingerprint density at radius 1 is 1.24 bits per heavy atom. The fourth-order valence-electron chi connectivity index (χ4n) is 5.76. The SMILES string of the molecule is CC[C@@H]1C(=O)N(C)c2cnc(N[C@@H](C)C3CCN(C(=O)C(C)(C)O)CC3)nc2N1C1CCCC1. The molecule has 0 spiro atoms. The van der Waals surface area contributed by atoms with Crippen LogP contribution in [0.1, 0.15) is 72.6 Å². The Balaban J connectivity index is 1.48. The molecule has 0 aromatic carbocycles. The lowest BCUT2D eigenvalue weighted by atomic mass is 9.89. The molecule has 9 heteroatoms. The van der Waals surface area contributed by atoms with Gasteiger partial charge in [0.25, 0.3) is 5.91 Å². The number of amides is 2. The van der Waals surface area contributed by atoms with E-state index in [1.807, 2.05) is 7.05 Å². The first-order chi connectivity index (χ1) is 16.1. The van der Waals surface area contributed by atoms with Crippen LogP contribution in [0.5, 0.6) is 0 Å². The van der Waals surface area contributed by atoms with Crippen LogP contribution in [0.4, 0.5) is 17.5 Å². The number of hydrogen-bond donors (Lipinski definition) is 2. The summed E-state index contributed by atoms with van der Waals surface area (Å²) in [6, 6.07) is 0.305. The summed E-state index contributed by atoms with van der Waals surface area (Å²) < 4.78 is 0. The van der Waals surface area contributed by atoms with Crippen LogP contribution in [0.2, 0.25) is 0 Å². The largest absolute Gasteiger partial charge is 0.381 e. The van der Waals surface area contributed by atoms with Crippen molar-refractivity contribution >= 4 is 29.3 Å². The first-order valence-electron chi connectivity index (χ1n) is 12.8. The molecule has 2 aliphatic heterocycles. The van der Waals surface area contributed by atoms with Gasteiger partial charge in [0.15, 0.2) is 5.82 Å². The van der Waals surface area contributed by atoms with E-state index in [2.05, 4.69) is 29.0 Å². The Bertz CT molecular complexity index is 902. The highest BCUT2D eigenvalue weighted by atomic mass is 16.3. The molecular weight excluding hydrogens is 432 g/mol. The molecule has 2 amide bonds. The Hall–Kier alpha value is -2.42. The van der Waals surface area contributed by atoms with E-state index in [0.717, 1.165) is 43.6 Å². The molecule has 1 saturated heterocycles. The average Bonchev–Trinajstić information content (AvgIpc) is 3.34. The molecule has 0 radical (unpaired) electrons. The standard InChI is InChI=1S/C25H40N6O3/c1-6-19-22(32)29(5)20-15-26-24(28-21(20)31(19)18-9-7-8-10-18)27-16(2)17-11-13-30(14-12-17)23(33)25(3,4)34/h15-19,34H,6-14H2,1-5H3,(H,26,27,28)/t16-,19+/m0/s1. The molecule has 188 valence electrons. The summed E-state index contributed by atoms with van der Waals surface area (Å²) in [6.07, 6.45) is 8.83. The van der Waals surface area contributed by atoms with E-state index in [-0.39, 0.29) is 23.9 Å². The monoisotopic (exact) mass is 472 g/mol. The molecule has 0 unspecified atom stereocenters. The van der Waals surface area contributed by atoms with Crippen molar-refractivity contribution in [2.24, 2.45) is 5.92 Å². The second kappa shape index (κ2) is 9.68. The fraction of sp³-hybridized carbons (Fsp3) is 0.760. The smallest absolute Gasteiger partial charge is 0.253 e. The van der Waals surface area contributed by atoms with Crippen molar-refractivity contribution in [1.82, 2.24) is 14.9 Å². The summed E-state index contributed by atoms with van der Waals surface area (Å²) in [5, 5.41) is 13.5. The fourth-order valence-corrected chi connectivity index (χ4v) is 5.76. The van der Waals surface area contributed by atoms with Crippen LogP contribution in [-0.4, -0.2) is 75.7 Å². The molecule has 34 heavy (non-hydrogen) atoms. The van der Waals surface area contributed by atoms with Gasteiger partial charge in [0.05, 0.1) is 6.20 Å². The molecule has 0 bridgehead atoms. The van der Waals surface area contributed by atoms with E-state index >= 15 is 0 Å². The van der Waals surface area contributed by atoms with Gasteiger partial charge < -0.3 is 25.1 Å². The number of aliphatic hydroxyl groups is 1. The van der Waals surface area contributed by atoms with Crippen LogP contribution in [0, 0.1) is 5.92 Å². The summed E-state index contributed by atoms with van der Waals surface area (Å²) in [7, 11) is 1.82. The number of rotatable bonds is 6. The van der Waals surface area contributed by atoms with E-state index in [4.69, 9.17) is 4.98 Å². The topological polar surface area (TPSA) is 102 Å². The lowest BCUT2D eigenvalue weighted by Crippen LogP contribution is -2.55. The minimum absolute atomic E-state index is 0.118. The Labute approximate surface area is 202 Å². The van der Waals surface area contributed by atoms with Crippen molar-refractivity contribution in [3.8, 4) is 0 Å². The molecule has 3 aliphatic rings.